The fraction of sp³-hybridized carbons (Fsp3) is 0.528. The molecule has 1 fully saturated rings. The minimum atomic E-state index is -1.09. The molecule has 1 atom stereocenters. The van der Waals surface area contributed by atoms with E-state index in [0.29, 0.717) is 6.42 Å². The molecule has 1 N–H and O–H groups in total. The number of carbonyl (C=O) groups excluding carboxylic acids is 2. The molecule has 0 heterocycles. The first kappa shape index (κ1) is 41.0. The lowest BCUT2D eigenvalue weighted by molar-refractivity contribution is -0.384. The van der Waals surface area contributed by atoms with Crippen LogP contribution in [0.5, 0.6) is 0 Å². The number of aromatic carboxylic acids is 1. The van der Waals surface area contributed by atoms with Crippen LogP contribution in [0.3, 0.4) is 0 Å². The number of carbonyl (C=O) groups is 3. The molecule has 0 aliphatic heterocycles. The standard InChI is InChI=1S/C19H28O2.C8H14O2.C7H5NO4.C2H6/c1-3-4-5-10-19(21-15(2)20)18-13-11-17(12-14-18)16-8-6-7-9-16;1-3-4-5-6-7-8(9)10-2;9-7(10)5-1-3-6(4-2-5)8(11)12;1-2/h11-14,16,19H,3-10H2,1-2H3;3-4H,5-7H2,1-2H3;1-4H,(H,9,10);1-2H3/b;4-3-;;. The quantitative estimate of drug-likeness (QED) is 0.0763. The average Bonchev–Trinajstić information content (AvgIpc) is 3.59. The van der Waals surface area contributed by atoms with Gasteiger partial charge in [-0.05, 0) is 74.6 Å². The third kappa shape index (κ3) is 18.4. The first-order chi connectivity index (χ1) is 21.6. The number of non-ortho nitro benzene ring substituents is 1. The van der Waals surface area contributed by atoms with Crippen molar-refractivity contribution < 1.29 is 33.9 Å². The van der Waals surface area contributed by atoms with Gasteiger partial charge in [0.1, 0.15) is 6.10 Å². The molecule has 1 aliphatic carbocycles. The number of nitro groups is 1. The van der Waals surface area contributed by atoms with E-state index in [1.807, 2.05) is 32.9 Å². The van der Waals surface area contributed by atoms with E-state index in [0.717, 1.165) is 49.3 Å². The molecule has 0 aromatic heterocycles. The van der Waals surface area contributed by atoms with Crippen LogP contribution >= 0.6 is 0 Å². The minimum absolute atomic E-state index is 0.0422. The molecule has 0 amide bonds. The third-order valence-corrected chi connectivity index (χ3v) is 7.05. The van der Waals surface area contributed by atoms with Gasteiger partial charge in [0.2, 0.25) is 0 Å². The van der Waals surface area contributed by atoms with E-state index in [2.05, 4.69) is 35.9 Å². The summed E-state index contributed by atoms with van der Waals surface area (Å²) in [4.78, 5) is 41.7. The van der Waals surface area contributed by atoms with Gasteiger partial charge in [-0.1, -0.05) is 82.9 Å². The number of ether oxygens (including phenoxy) is 2. The maximum Gasteiger partial charge on any atom is 0.335 e. The summed E-state index contributed by atoms with van der Waals surface area (Å²) in [5, 5.41) is 18.6. The van der Waals surface area contributed by atoms with Crippen LogP contribution in [0.15, 0.2) is 60.7 Å². The largest absolute Gasteiger partial charge is 0.478 e. The lowest BCUT2D eigenvalue weighted by Gasteiger charge is -2.18. The van der Waals surface area contributed by atoms with E-state index in [9.17, 15) is 24.5 Å². The van der Waals surface area contributed by atoms with Crippen LogP contribution in [0, 0.1) is 10.1 Å². The number of nitro benzene ring substituents is 1. The predicted octanol–water partition coefficient (Wildman–Crippen LogP) is 9.75. The van der Waals surface area contributed by atoms with Gasteiger partial charge in [0.05, 0.1) is 17.6 Å². The number of esters is 2. The van der Waals surface area contributed by atoms with E-state index in [1.165, 1.54) is 70.3 Å². The normalized spacial score (nSPS) is 12.8. The Morgan fingerprint density at radius 3 is 2.07 bits per heavy atom. The number of hydrogen-bond donors (Lipinski definition) is 1. The van der Waals surface area contributed by atoms with Crippen molar-refractivity contribution in [3.63, 3.8) is 0 Å². The fourth-order valence-corrected chi connectivity index (χ4v) is 4.67. The topological polar surface area (TPSA) is 133 Å². The third-order valence-electron chi connectivity index (χ3n) is 7.05. The van der Waals surface area contributed by atoms with Crippen molar-refractivity contribution >= 4 is 23.6 Å². The van der Waals surface area contributed by atoms with E-state index in [-0.39, 0.29) is 29.3 Å². The van der Waals surface area contributed by atoms with Gasteiger partial charge in [-0.25, -0.2) is 4.79 Å². The Kier molecular flexibility index (Phi) is 23.1. The van der Waals surface area contributed by atoms with Gasteiger partial charge >= 0.3 is 17.9 Å². The van der Waals surface area contributed by atoms with Gasteiger partial charge < -0.3 is 14.6 Å². The molecular formula is C36H53NO8. The molecule has 0 radical (unpaired) electrons. The van der Waals surface area contributed by atoms with Crippen molar-refractivity contribution in [2.75, 3.05) is 7.11 Å². The second-order valence-corrected chi connectivity index (χ2v) is 10.4. The molecule has 9 heteroatoms. The summed E-state index contributed by atoms with van der Waals surface area (Å²) in [5.74, 6) is -0.655. The summed E-state index contributed by atoms with van der Waals surface area (Å²) < 4.78 is 9.98. The van der Waals surface area contributed by atoms with Crippen molar-refractivity contribution in [1.29, 1.82) is 0 Å². The Balaban J connectivity index is 0.000000687. The molecule has 1 saturated carbocycles. The molecule has 1 aliphatic rings. The van der Waals surface area contributed by atoms with Gasteiger partial charge in [0, 0.05) is 25.5 Å². The Hall–Kier alpha value is -4.01. The van der Waals surface area contributed by atoms with Crippen molar-refractivity contribution in [3.05, 3.63) is 87.5 Å². The number of allylic oxidation sites excluding steroid dienone is 2. The summed E-state index contributed by atoms with van der Waals surface area (Å²) in [5.41, 5.74) is 2.52. The average molecular weight is 628 g/mol. The number of unbranched alkanes of at least 4 members (excludes halogenated alkanes) is 3. The second-order valence-electron chi connectivity index (χ2n) is 10.4. The summed E-state index contributed by atoms with van der Waals surface area (Å²) in [7, 11) is 1.41. The smallest absolute Gasteiger partial charge is 0.335 e. The lowest BCUT2D eigenvalue weighted by atomic mass is 9.94. The molecule has 250 valence electrons. The number of methoxy groups -OCH3 is 1. The number of carboxylic acid groups (broad SMARTS) is 1. The molecule has 9 nitrogen and oxygen atoms in total. The maximum atomic E-state index is 11.3. The monoisotopic (exact) mass is 627 g/mol. The highest BCUT2D eigenvalue weighted by Crippen LogP contribution is 2.35. The first-order valence-corrected chi connectivity index (χ1v) is 16.1. The second kappa shape index (κ2) is 25.3. The number of benzene rings is 2. The number of hydrogen-bond acceptors (Lipinski definition) is 7. The highest BCUT2D eigenvalue weighted by Gasteiger charge is 2.19. The first-order valence-electron chi connectivity index (χ1n) is 16.1. The lowest BCUT2D eigenvalue weighted by Crippen LogP contribution is -2.09. The van der Waals surface area contributed by atoms with Gasteiger partial charge in [0.25, 0.3) is 5.69 Å². The van der Waals surface area contributed by atoms with Crippen LogP contribution in [-0.2, 0) is 19.1 Å². The zero-order valence-electron chi connectivity index (χ0n) is 28.0. The van der Waals surface area contributed by atoms with Crippen LogP contribution < -0.4 is 0 Å². The van der Waals surface area contributed by atoms with Gasteiger partial charge in [0.15, 0.2) is 0 Å². The zero-order valence-corrected chi connectivity index (χ0v) is 28.0. The van der Waals surface area contributed by atoms with Gasteiger partial charge in [-0.15, -0.1) is 0 Å². The van der Waals surface area contributed by atoms with Crippen molar-refractivity contribution in [2.24, 2.45) is 0 Å². The SMILES string of the molecule is C/C=C\CCCC(=O)OC.CC.CCCCCC(OC(C)=O)c1ccc(C2CCCC2)cc1.O=C(O)c1ccc([N+](=O)[O-])cc1. The van der Waals surface area contributed by atoms with Crippen molar-refractivity contribution in [2.45, 2.75) is 117 Å². The Bertz CT molecular complexity index is 1100. The minimum Gasteiger partial charge on any atom is -0.478 e. The van der Waals surface area contributed by atoms with Crippen LogP contribution in [0.4, 0.5) is 5.69 Å². The molecule has 0 spiro atoms. The van der Waals surface area contributed by atoms with Crippen molar-refractivity contribution in [1.82, 2.24) is 0 Å². The molecule has 3 rings (SSSR count). The van der Waals surface area contributed by atoms with E-state index in [4.69, 9.17) is 9.84 Å². The Labute approximate surface area is 269 Å². The molecule has 2 aromatic carbocycles. The van der Waals surface area contributed by atoms with E-state index >= 15 is 0 Å². The summed E-state index contributed by atoms with van der Waals surface area (Å²) in [6, 6.07) is 13.5. The van der Waals surface area contributed by atoms with Crippen LogP contribution in [0.2, 0.25) is 0 Å². The van der Waals surface area contributed by atoms with Crippen molar-refractivity contribution in [3.8, 4) is 0 Å². The van der Waals surface area contributed by atoms with Crippen LogP contribution in [-0.4, -0.2) is 35.0 Å². The molecule has 0 saturated heterocycles. The highest BCUT2D eigenvalue weighted by molar-refractivity contribution is 5.87. The van der Waals surface area contributed by atoms with Crippen LogP contribution in [0.25, 0.3) is 0 Å². The van der Waals surface area contributed by atoms with E-state index < -0.39 is 10.9 Å². The van der Waals surface area contributed by atoms with Gasteiger partial charge in [-0.2, -0.15) is 0 Å². The van der Waals surface area contributed by atoms with Crippen LogP contribution in [0.1, 0.15) is 139 Å². The highest BCUT2D eigenvalue weighted by atomic mass is 16.6. The van der Waals surface area contributed by atoms with E-state index in [1.54, 1.807) is 0 Å². The molecule has 0 bridgehead atoms. The number of nitrogens with zero attached hydrogens (tertiary/aromatic N) is 1. The predicted molar refractivity (Wildman–Crippen MR) is 178 cm³/mol. The Morgan fingerprint density at radius 2 is 1.60 bits per heavy atom. The van der Waals surface area contributed by atoms with Gasteiger partial charge in [-0.3, -0.25) is 19.7 Å². The zero-order chi connectivity index (χ0) is 34.0. The maximum absolute atomic E-state index is 11.3. The Morgan fingerprint density at radius 1 is 1.00 bits per heavy atom. The molecule has 45 heavy (non-hydrogen) atoms. The molecular weight excluding hydrogens is 574 g/mol. The number of rotatable bonds is 13. The molecule has 1 unspecified atom stereocenters. The summed E-state index contributed by atoms with van der Waals surface area (Å²) in [6.07, 6.45) is 16.1. The molecule has 2 aromatic rings. The summed E-state index contributed by atoms with van der Waals surface area (Å²) in [6.45, 7) is 9.66. The summed E-state index contributed by atoms with van der Waals surface area (Å²) >= 11 is 0. The fourth-order valence-electron chi connectivity index (χ4n) is 4.67. The number of carboxylic acids is 1.